The normalized spacial score (nSPS) is 14.3. The van der Waals surface area contributed by atoms with E-state index in [-0.39, 0.29) is 30.9 Å². The molecule has 1 heterocycles. The second-order valence-corrected chi connectivity index (χ2v) is 9.02. The van der Waals surface area contributed by atoms with Gasteiger partial charge in [-0.1, -0.05) is 48.0 Å². The van der Waals surface area contributed by atoms with Crippen LogP contribution < -0.4 is 18.9 Å². The zero-order valence-electron chi connectivity index (χ0n) is 19.7. The number of carbonyl (C=O) groups is 2. The van der Waals surface area contributed by atoms with Crippen LogP contribution in [-0.4, -0.2) is 43.4 Å². The van der Waals surface area contributed by atoms with Crippen molar-refractivity contribution in [3.8, 4) is 23.0 Å². The van der Waals surface area contributed by atoms with Crippen molar-refractivity contribution in [2.45, 2.75) is 6.61 Å². The summed E-state index contributed by atoms with van der Waals surface area (Å²) < 4.78 is 22.3. The fourth-order valence-electron chi connectivity index (χ4n) is 3.49. The summed E-state index contributed by atoms with van der Waals surface area (Å²) in [5.74, 6) is 1.80. The van der Waals surface area contributed by atoms with Crippen LogP contribution in [0.25, 0.3) is 6.08 Å². The maximum Gasteiger partial charge on any atom is 0.293 e. The highest BCUT2D eigenvalue weighted by molar-refractivity contribution is 8.18. The number of methoxy groups -OCH3 is 2. The molecule has 2 amide bonds. The van der Waals surface area contributed by atoms with E-state index in [9.17, 15) is 9.59 Å². The smallest absolute Gasteiger partial charge is 0.293 e. The van der Waals surface area contributed by atoms with Crippen molar-refractivity contribution >= 4 is 40.6 Å². The molecule has 0 unspecified atom stereocenters. The van der Waals surface area contributed by atoms with Crippen LogP contribution in [0.5, 0.6) is 23.0 Å². The van der Waals surface area contributed by atoms with Crippen LogP contribution in [0.3, 0.4) is 0 Å². The van der Waals surface area contributed by atoms with Gasteiger partial charge < -0.3 is 18.9 Å². The highest BCUT2D eigenvalue weighted by Crippen LogP contribution is 2.35. The predicted octanol–water partition coefficient (Wildman–Crippen LogP) is 6.05. The van der Waals surface area contributed by atoms with Crippen molar-refractivity contribution in [3.63, 3.8) is 0 Å². The molecule has 0 bridgehead atoms. The second kappa shape index (κ2) is 11.9. The lowest BCUT2D eigenvalue weighted by atomic mass is 10.1. The zero-order chi connectivity index (χ0) is 25.5. The van der Waals surface area contributed by atoms with Gasteiger partial charge >= 0.3 is 0 Å². The number of amides is 2. The molecule has 3 aromatic rings. The molecule has 0 saturated carbocycles. The Balaban J connectivity index is 1.40. The Hall–Kier alpha value is -3.62. The van der Waals surface area contributed by atoms with Crippen LogP contribution in [0.1, 0.15) is 11.1 Å². The van der Waals surface area contributed by atoms with Crippen LogP contribution in [0, 0.1) is 0 Å². The van der Waals surface area contributed by atoms with Gasteiger partial charge in [0, 0.05) is 10.6 Å². The number of rotatable bonds is 10. The molecule has 4 rings (SSSR count). The monoisotopic (exact) mass is 525 g/mol. The molecule has 1 saturated heterocycles. The van der Waals surface area contributed by atoms with Gasteiger partial charge in [-0.05, 0) is 53.7 Å². The zero-order valence-corrected chi connectivity index (χ0v) is 21.3. The van der Waals surface area contributed by atoms with E-state index in [2.05, 4.69) is 0 Å². The Morgan fingerprint density at radius 2 is 1.56 bits per heavy atom. The van der Waals surface area contributed by atoms with Gasteiger partial charge in [-0.25, -0.2) is 0 Å². The maximum atomic E-state index is 12.9. The van der Waals surface area contributed by atoms with Gasteiger partial charge in [-0.15, -0.1) is 0 Å². The summed E-state index contributed by atoms with van der Waals surface area (Å²) in [5.41, 5.74) is 1.56. The van der Waals surface area contributed by atoms with Crippen LogP contribution in [-0.2, 0) is 11.4 Å². The minimum absolute atomic E-state index is 0.123. The molecule has 1 aliphatic heterocycles. The quantitative estimate of drug-likeness (QED) is 0.298. The third kappa shape index (κ3) is 5.95. The molecule has 0 aliphatic carbocycles. The lowest BCUT2D eigenvalue weighted by Gasteiger charge is -2.14. The molecule has 3 aromatic carbocycles. The summed E-state index contributed by atoms with van der Waals surface area (Å²) in [6, 6.07) is 19.9. The molecule has 1 fully saturated rings. The lowest BCUT2D eigenvalue weighted by Crippen LogP contribution is -2.32. The number of benzene rings is 3. The van der Waals surface area contributed by atoms with Crippen LogP contribution in [0.4, 0.5) is 4.79 Å². The second-order valence-electron chi connectivity index (χ2n) is 7.62. The highest BCUT2D eigenvalue weighted by atomic mass is 35.5. The third-order valence-corrected chi connectivity index (χ3v) is 6.62. The minimum Gasteiger partial charge on any atom is -0.493 e. The molecule has 0 spiro atoms. The van der Waals surface area contributed by atoms with E-state index in [0.717, 1.165) is 17.3 Å². The number of imide groups is 1. The number of thioether (sulfide) groups is 1. The number of hydrogen-bond donors (Lipinski definition) is 0. The first-order chi connectivity index (χ1) is 17.5. The molecular weight excluding hydrogens is 502 g/mol. The third-order valence-electron chi connectivity index (χ3n) is 5.34. The van der Waals surface area contributed by atoms with Gasteiger partial charge in [-0.3, -0.25) is 14.5 Å². The lowest BCUT2D eigenvalue weighted by molar-refractivity contribution is -0.123. The van der Waals surface area contributed by atoms with E-state index in [4.69, 9.17) is 30.5 Å². The van der Waals surface area contributed by atoms with Gasteiger partial charge in [0.2, 0.25) is 0 Å². The van der Waals surface area contributed by atoms with Crippen molar-refractivity contribution < 1.29 is 28.5 Å². The number of para-hydroxylation sites is 2. The fourth-order valence-corrected chi connectivity index (χ4v) is 4.55. The number of halogens is 1. The first kappa shape index (κ1) is 25.5. The molecule has 0 atom stereocenters. The van der Waals surface area contributed by atoms with E-state index in [1.54, 1.807) is 49.6 Å². The summed E-state index contributed by atoms with van der Waals surface area (Å²) in [5, 5.41) is 0.277. The molecule has 9 heteroatoms. The van der Waals surface area contributed by atoms with Crippen molar-refractivity contribution in [1.29, 1.82) is 0 Å². The standard InChI is InChI=1S/C27H24ClNO6S/c1-32-21-9-5-6-10-22(21)34-14-13-29-26(30)25(36-27(29)31)16-18-11-12-23(24(15-18)33-2)35-17-19-7-3-4-8-20(19)28/h3-12,15-16H,13-14,17H2,1-2H3/b25-16-. The average Bonchev–Trinajstić information content (AvgIpc) is 3.16. The van der Waals surface area contributed by atoms with E-state index in [1.165, 1.54) is 12.0 Å². The van der Waals surface area contributed by atoms with Gasteiger partial charge in [0.1, 0.15) is 13.2 Å². The predicted molar refractivity (Wildman–Crippen MR) is 140 cm³/mol. The Bertz CT molecular complexity index is 1290. The van der Waals surface area contributed by atoms with E-state index < -0.39 is 0 Å². The molecule has 186 valence electrons. The number of ether oxygens (including phenoxy) is 4. The molecule has 36 heavy (non-hydrogen) atoms. The summed E-state index contributed by atoms with van der Waals surface area (Å²) in [4.78, 5) is 26.8. The van der Waals surface area contributed by atoms with Crippen molar-refractivity contribution in [2.75, 3.05) is 27.4 Å². The maximum absolute atomic E-state index is 12.9. The molecular formula is C27H24ClNO6S. The summed E-state index contributed by atoms with van der Waals surface area (Å²) in [7, 11) is 3.09. The van der Waals surface area contributed by atoms with E-state index in [0.29, 0.717) is 38.5 Å². The highest BCUT2D eigenvalue weighted by Gasteiger charge is 2.34. The van der Waals surface area contributed by atoms with Crippen molar-refractivity contribution in [1.82, 2.24) is 4.90 Å². The summed E-state index contributed by atoms with van der Waals surface area (Å²) in [6.45, 7) is 0.556. The minimum atomic E-state index is -0.369. The van der Waals surface area contributed by atoms with Gasteiger partial charge in [0.05, 0.1) is 25.7 Å². The Morgan fingerprint density at radius 1 is 0.861 bits per heavy atom. The van der Waals surface area contributed by atoms with Crippen LogP contribution in [0.2, 0.25) is 5.02 Å². The Morgan fingerprint density at radius 3 is 2.31 bits per heavy atom. The summed E-state index contributed by atoms with van der Waals surface area (Å²) in [6.07, 6.45) is 1.66. The topological polar surface area (TPSA) is 74.3 Å². The summed E-state index contributed by atoms with van der Waals surface area (Å²) >= 11 is 7.09. The number of hydrogen-bond acceptors (Lipinski definition) is 7. The molecule has 1 aliphatic rings. The number of nitrogens with zero attached hydrogens (tertiary/aromatic N) is 1. The SMILES string of the molecule is COc1ccccc1OCCN1C(=O)S/C(=C\c2ccc(OCc3ccccc3Cl)c(OC)c2)C1=O. The van der Waals surface area contributed by atoms with E-state index in [1.807, 2.05) is 30.3 Å². The molecule has 0 aromatic heterocycles. The van der Waals surface area contributed by atoms with Gasteiger partial charge in [0.25, 0.3) is 11.1 Å². The largest absolute Gasteiger partial charge is 0.493 e. The van der Waals surface area contributed by atoms with Crippen LogP contribution >= 0.6 is 23.4 Å². The van der Waals surface area contributed by atoms with Gasteiger partial charge in [-0.2, -0.15) is 0 Å². The van der Waals surface area contributed by atoms with Crippen molar-refractivity contribution in [2.24, 2.45) is 0 Å². The van der Waals surface area contributed by atoms with E-state index >= 15 is 0 Å². The first-order valence-corrected chi connectivity index (χ1v) is 12.2. The molecule has 7 nitrogen and oxygen atoms in total. The first-order valence-electron chi connectivity index (χ1n) is 11.1. The number of carbonyl (C=O) groups excluding carboxylic acids is 2. The van der Waals surface area contributed by atoms with Gasteiger partial charge in [0.15, 0.2) is 23.0 Å². The fraction of sp³-hybridized carbons (Fsp3) is 0.185. The molecule has 0 radical (unpaired) electrons. The van der Waals surface area contributed by atoms with Crippen LogP contribution in [0.15, 0.2) is 71.6 Å². The Kier molecular flexibility index (Phi) is 8.40. The van der Waals surface area contributed by atoms with Crippen molar-refractivity contribution in [3.05, 3.63) is 87.8 Å². The average molecular weight is 526 g/mol. The molecule has 0 N–H and O–H groups in total. The Labute approximate surface area is 218 Å².